The van der Waals surface area contributed by atoms with Gasteiger partial charge >= 0.3 is 0 Å². The summed E-state index contributed by atoms with van der Waals surface area (Å²) in [6.45, 7) is 0.301. The van der Waals surface area contributed by atoms with Crippen LogP contribution in [0.4, 0.5) is 0 Å². The summed E-state index contributed by atoms with van der Waals surface area (Å²) >= 11 is 1.06. The summed E-state index contributed by atoms with van der Waals surface area (Å²) in [6, 6.07) is 3.09. The van der Waals surface area contributed by atoms with Gasteiger partial charge in [-0.1, -0.05) is 0 Å². The summed E-state index contributed by atoms with van der Waals surface area (Å²) in [7, 11) is 3.18. The maximum atomic E-state index is 11.9. The largest absolute Gasteiger partial charge is 0.378 e. The fraction of sp³-hybridized carbons (Fsp3) is 0.583. The van der Waals surface area contributed by atoms with E-state index >= 15 is 0 Å². The highest BCUT2D eigenvalue weighted by Crippen LogP contribution is 2.37. The van der Waals surface area contributed by atoms with E-state index in [9.17, 15) is 13.2 Å². The normalized spacial score (nSPS) is 17.5. The molecule has 1 aliphatic carbocycles. The number of thiophene rings is 1. The molecule has 0 radical (unpaired) electrons. The second-order valence-electron chi connectivity index (χ2n) is 4.85. The standard InChI is InChI=1S/C12H16ClNO4S2/c1-18-12(5-2-6-12)7-10(15)14-8-9-3-4-11(19-9)20(13,16)17/h3-4H,2,5-8H2,1H3,(H,14,15). The van der Waals surface area contributed by atoms with Crippen molar-refractivity contribution < 1.29 is 17.9 Å². The monoisotopic (exact) mass is 337 g/mol. The lowest BCUT2D eigenvalue weighted by Crippen LogP contribution is -2.43. The molecule has 0 saturated heterocycles. The molecule has 1 saturated carbocycles. The molecule has 0 aromatic carbocycles. The number of carbonyl (C=O) groups is 1. The van der Waals surface area contributed by atoms with Crippen molar-refractivity contribution in [2.24, 2.45) is 0 Å². The fourth-order valence-corrected chi connectivity index (χ4v) is 4.21. The lowest BCUT2D eigenvalue weighted by Gasteiger charge is -2.39. The van der Waals surface area contributed by atoms with Crippen molar-refractivity contribution >= 4 is 37.0 Å². The Morgan fingerprint density at radius 1 is 1.50 bits per heavy atom. The molecular weight excluding hydrogens is 322 g/mol. The van der Waals surface area contributed by atoms with Gasteiger partial charge in [0.25, 0.3) is 9.05 Å². The molecule has 0 unspecified atom stereocenters. The zero-order valence-electron chi connectivity index (χ0n) is 11.0. The average Bonchev–Trinajstić information content (AvgIpc) is 2.80. The van der Waals surface area contributed by atoms with Crippen molar-refractivity contribution in [2.45, 2.75) is 42.0 Å². The second kappa shape index (κ2) is 6.01. The number of ether oxygens (including phenoxy) is 1. The van der Waals surface area contributed by atoms with E-state index in [-0.39, 0.29) is 15.7 Å². The van der Waals surface area contributed by atoms with Crippen LogP contribution in [0.25, 0.3) is 0 Å². The predicted molar refractivity (Wildman–Crippen MR) is 77.4 cm³/mol. The SMILES string of the molecule is COC1(CC(=O)NCc2ccc(S(=O)(=O)Cl)s2)CCC1. The molecule has 1 amide bonds. The lowest BCUT2D eigenvalue weighted by atomic mass is 9.77. The highest BCUT2D eigenvalue weighted by molar-refractivity contribution is 8.15. The van der Waals surface area contributed by atoms with Crippen LogP contribution in [0, 0.1) is 0 Å². The summed E-state index contributed by atoms with van der Waals surface area (Å²) in [5.41, 5.74) is -0.301. The van der Waals surface area contributed by atoms with Crippen LogP contribution in [0.15, 0.2) is 16.3 Å². The molecule has 1 aromatic rings. The first kappa shape index (κ1) is 15.8. The Morgan fingerprint density at radius 3 is 2.65 bits per heavy atom. The zero-order chi connectivity index (χ0) is 14.8. The van der Waals surface area contributed by atoms with E-state index in [0.717, 1.165) is 35.5 Å². The highest BCUT2D eigenvalue weighted by Gasteiger charge is 2.38. The molecule has 1 heterocycles. The van der Waals surface area contributed by atoms with Gasteiger partial charge in [0.05, 0.1) is 18.6 Å². The first-order valence-electron chi connectivity index (χ1n) is 6.20. The van der Waals surface area contributed by atoms with Crippen LogP contribution in [-0.2, 0) is 25.1 Å². The molecule has 0 aliphatic heterocycles. The minimum atomic E-state index is -3.69. The molecule has 1 N–H and O–H groups in total. The Hall–Kier alpha value is -0.630. The Balaban J connectivity index is 1.86. The van der Waals surface area contributed by atoms with Crippen LogP contribution in [0.1, 0.15) is 30.6 Å². The summed E-state index contributed by atoms with van der Waals surface area (Å²) in [5, 5.41) is 2.78. The van der Waals surface area contributed by atoms with Crippen LogP contribution in [0.3, 0.4) is 0 Å². The molecule has 1 aromatic heterocycles. The first-order chi connectivity index (χ1) is 9.35. The van der Waals surface area contributed by atoms with Gasteiger partial charge in [-0.05, 0) is 31.4 Å². The number of rotatable bonds is 6. The molecule has 0 spiro atoms. The number of carbonyl (C=O) groups excluding carboxylic acids is 1. The van der Waals surface area contributed by atoms with Gasteiger partial charge in [0.15, 0.2) is 0 Å². The Kier molecular flexibility index (Phi) is 4.73. The van der Waals surface area contributed by atoms with Gasteiger partial charge in [-0.15, -0.1) is 11.3 Å². The van der Waals surface area contributed by atoms with Crippen molar-refractivity contribution in [2.75, 3.05) is 7.11 Å². The number of amides is 1. The molecule has 0 bridgehead atoms. The molecule has 0 atom stereocenters. The van der Waals surface area contributed by atoms with Crippen LogP contribution in [0.5, 0.6) is 0 Å². The molecule has 1 aliphatic rings. The van der Waals surface area contributed by atoms with Gasteiger partial charge < -0.3 is 10.1 Å². The van der Waals surface area contributed by atoms with Crippen molar-refractivity contribution in [3.05, 3.63) is 17.0 Å². The van der Waals surface area contributed by atoms with Crippen molar-refractivity contribution in [3.8, 4) is 0 Å². The highest BCUT2D eigenvalue weighted by atomic mass is 35.7. The van der Waals surface area contributed by atoms with Gasteiger partial charge in [0.1, 0.15) is 4.21 Å². The maximum Gasteiger partial charge on any atom is 0.270 e. The molecular formula is C12H16ClNO4S2. The molecule has 8 heteroatoms. The minimum Gasteiger partial charge on any atom is -0.378 e. The van der Waals surface area contributed by atoms with E-state index in [0.29, 0.717) is 13.0 Å². The van der Waals surface area contributed by atoms with E-state index in [1.54, 1.807) is 13.2 Å². The molecule has 20 heavy (non-hydrogen) atoms. The van der Waals surface area contributed by atoms with Crippen molar-refractivity contribution in [3.63, 3.8) is 0 Å². The maximum absolute atomic E-state index is 11.9. The van der Waals surface area contributed by atoms with E-state index in [2.05, 4.69) is 5.32 Å². The summed E-state index contributed by atoms with van der Waals surface area (Å²) < 4.78 is 27.7. The second-order valence-corrected chi connectivity index (χ2v) is 8.81. The number of nitrogens with one attached hydrogen (secondary N) is 1. The van der Waals surface area contributed by atoms with Gasteiger partial charge in [0.2, 0.25) is 5.91 Å². The molecule has 2 rings (SSSR count). The van der Waals surface area contributed by atoms with E-state index < -0.39 is 9.05 Å². The minimum absolute atomic E-state index is 0.0877. The quantitative estimate of drug-likeness (QED) is 0.808. The van der Waals surface area contributed by atoms with Gasteiger partial charge in [0, 0.05) is 22.7 Å². The van der Waals surface area contributed by atoms with Gasteiger partial charge in [-0.3, -0.25) is 4.79 Å². The third kappa shape index (κ3) is 3.72. The van der Waals surface area contributed by atoms with E-state index in [1.165, 1.54) is 6.07 Å². The smallest absolute Gasteiger partial charge is 0.270 e. The molecule has 1 fully saturated rings. The third-order valence-electron chi connectivity index (χ3n) is 3.52. The predicted octanol–water partition coefficient (Wildman–Crippen LogP) is 2.25. The zero-order valence-corrected chi connectivity index (χ0v) is 13.4. The Labute approximate surface area is 126 Å². The fourth-order valence-electron chi connectivity index (χ4n) is 2.15. The summed E-state index contributed by atoms with van der Waals surface area (Å²) in [4.78, 5) is 12.6. The average molecular weight is 338 g/mol. The number of methoxy groups -OCH3 is 1. The lowest BCUT2D eigenvalue weighted by molar-refractivity contribution is -0.134. The first-order valence-corrected chi connectivity index (χ1v) is 9.32. The van der Waals surface area contributed by atoms with Gasteiger partial charge in [-0.2, -0.15) is 0 Å². The Morgan fingerprint density at radius 2 is 2.20 bits per heavy atom. The van der Waals surface area contributed by atoms with E-state index in [1.807, 2.05) is 0 Å². The van der Waals surface area contributed by atoms with Crippen LogP contribution >= 0.6 is 22.0 Å². The van der Waals surface area contributed by atoms with Crippen LogP contribution < -0.4 is 5.32 Å². The third-order valence-corrected chi connectivity index (χ3v) is 6.70. The topological polar surface area (TPSA) is 72.5 Å². The van der Waals surface area contributed by atoms with Gasteiger partial charge in [-0.25, -0.2) is 8.42 Å². The van der Waals surface area contributed by atoms with Crippen LogP contribution in [-0.4, -0.2) is 27.0 Å². The van der Waals surface area contributed by atoms with Crippen molar-refractivity contribution in [1.82, 2.24) is 5.32 Å². The van der Waals surface area contributed by atoms with Crippen molar-refractivity contribution in [1.29, 1.82) is 0 Å². The summed E-state index contributed by atoms with van der Waals surface area (Å²) in [6.07, 6.45) is 3.24. The van der Waals surface area contributed by atoms with E-state index in [4.69, 9.17) is 15.4 Å². The van der Waals surface area contributed by atoms with Crippen LogP contribution in [0.2, 0.25) is 0 Å². The molecule has 112 valence electrons. The molecule has 5 nitrogen and oxygen atoms in total. The number of hydrogen-bond donors (Lipinski definition) is 1. The summed E-state index contributed by atoms with van der Waals surface area (Å²) in [5.74, 6) is -0.0877. The Bertz CT molecular complexity index is 587. The number of halogens is 1. The number of hydrogen-bond acceptors (Lipinski definition) is 5.